The first kappa shape index (κ1) is 14.1. The summed E-state index contributed by atoms with van der Waals surface area (Å²) < 4.78 is 2.57. The van der Waals surface area contributed by atoms with E-state index in [9.17, 15) is 0 Å². The number of nitrogens with zero attached hydrogens (tertiary/aromatic N) is 1. The maximum atomic E-state index is 3.56. The highest BCUT2D eigenvalue weighted by Gasteiger charge is 2.35. The Labute approximate surface area is 90.5 Å². The molecule has 0 rings (SSSR count). The van der Waals surface area contributed by atoms with E-state index in [1.807, 2.05) is 0 Å². The fraction of sp³-hybridized carbons (Fsp3) is 1.00. The average molecular weight is 217 g/mol. The predicted octanol–water partition coefficient (Wildman–Crippen LogP) is 1.51. The molecule has 0 aliphatic heterocycles. The molecule has 4 heteroatoms. The molecule has 86 valence electrons. The van der Waals surface area contributed by atoms with Crippen LogP contribution >= 0.6 is 0 Å². The third-order valence-corrected chi connectivity index (χ3v) is 7.47. The smallest absolute Gasteiger partial charge is 0.283 e. The Morgan fingerprint density at radius 2 is 1.50 bits per heavy atom. The molecule has 3 nitrogen and oxygen atoms in total. The highest BCUT2D eigenvalue weighted by atomic mass is 28.4. The number of nitrogens with one attached hydrogen (secondary N) is 2. The predicted molar refractivity (Wildman–Crippen MR) is 66.5 cm³/mol. The zero-order chi connectivity index (χ0) is 11.0. The monoisotopic (exact) mass is 217 g/mol. The maximum absolute atomic E-state index is 3.56. The van der Waals surface area contributed by atoms with Gasteiger partial charge in [0.1, 0.15) is 0 Å². The van der Waals surface area contributed by atoms with Crippen molar-refractivity contribution in [2.75, 3.05) is 27.2 Å². The van der Waals surface area contributed by atoms with Gasteiger partial charge in [-0.3, -0.25) is 0 Å². The molecule has 0 aromatic carbocycles. The number of hydrogen-bond donors (Lipinski definition) is 2. The van der Waals surface area contributed by atoms with E-state index in [4.69, 9.17) is 0 Å². The summed E-state index contributed by atoms with van der Waals surface area (Å²) in [5.74, 6) is 0. The molecule has 0 amide bonds. The van der Waals surface area contributed by atoms with Gasteiger partial charge in [-0.05, 0) is 33.2 Å². The highest BCUT2D eigenvalue weighted by Crippen LogP contribution is 2.12. The standard InChI is InChI=1S/C10H27N3Si/c1-6-9-10-14(11-4,12-5)13(7-2)8-3/h11-12H,6-10H2,1-5H3. The summed E-state index contributed by atoms with van der Waals surface area (Å²) in [6.07, 6.45) is 2.59. The Morgan fingerprint density at radius 3 is 1.79 bits per heavy atom. The summed E-state index contributed by atoms with van der Waals surface area (Å²) in [6.45, 7) is 9.01. The van der Waals surface area contributed by atoms with Crippen LogP contribution in [0.1, 0.15) is 33.6 Å². The van der Waals surface area contributed by atoms with E-state index in [0.717, 1.165) is 13.1 Å². The van der Waals surface area contributed by atoms with Crippen LogP contribution in [0.25, 0.3) is 0 Å². The van der Waals surface area contributed by atoms with Gasteiger partial charge in [-0.25, -0.2) is 0 Å². The molecule has 14 heavy (non-hydrogen) atoms. The highest BCUT2D eigenvalue weighted by molar-refractivity contribution is 6.72. The fourth-order valence-corrected chi connectivity index (χ4v) is 5.69. The first-order valence-corrected chi connectivity index (χ1v) is 7.99. The van der Waals surface area contributed by atoms with Crippen molar-refractivity contribution < 1.29 is 0 Å². The Morgan fingerprint density at radius 1 is 1.00 bits per heavy atom. The van der Waals surface area contributed by atoms with E-state index in [2.05, 4.69) is 49.4 Å². The van der Waals surface area contributed by atoms with Crippen molar-refractivity contribution in [3.8, 4) is 0 Å². The van der Waals surface area contributed by atoms with Gasteiger partial charge in [0.05, 0.1) is 0 Å². The third-order valence-electron chi connectivity index (χ3n) is 3.02. The molecule has 0 fully saturated rings. The second kappa shape index (κ2) is 7.40. The van der Waals surface area contributed by atoms with Crippen molar-refractivity contribution in [3.63, 3.8) is 0 Å². The van der Waals surface area contributed by atoms with Gasteiger partial charge in [-0.1, -0.05) is 33.6 Å². The molecule has 0 heterocycles. The lowest BCUT2D eigenvalue weighted by Crippen LogP contribution is -2.71. The third kappa shape index (κ3) is 3.35. The summed E-state index contributed by atoms with van der Waals surface area (Å²) in [5.41, 5.74) is 0. The molecule has 0 spiro atoms. The molecule has 0 aliphatic rings. The molecule has 0 aromatic rings. The van der Waals surface area contributed by atoms with E-state index in [-0.39, 0.29) is 0 Å². The number of rotatable bonds is 8. The summed E-state index contributed by atoms with van der Waals surface area (Å²) in [5, 5.41) is 0. The maximum Gasteiger partial charge on any atom is 0.283 e. The van der Waals surface area contributed by atoms with Crippen LogP contribution in [0.2, 0.25) is 6.04 Å². The van der Waals surface area contributed by atoms with E-state index in [0.29, 0.717) is 0 Å². The molecular formula is C10H27N3Si. The minimum atomic E-state index is -1.56. The molecule has 0 aromatic heterocycles. The summed E-state index contributed by atoms with van der Waals surface area (Å²) in [4.78, 5) is 7.11. The molecule has 0 bridgehead atoms. The Bertz CT molecular complexity index is 133. The van der Waals surface area contributed by atoms with Crippen molar-refractivity contribution in [1.82, 2.24) is 14.5 Å². The summed E-state index contributed by atoms with van der Waals surface area (Å²) in [7, 11) is 2.63. The van der Waals surface area contributed by atoms with Crippen molar-refractivity contribution >= 4 is 8.56 Å². The molecule has 0 saturated heterocycles. The number of unbranched alkanes of at least 4 members (excludes halogenated alkanes) is 1. The van der Waals surface area contributed by atoms with Crippen LogP contribution in [0.4, 0.5) is 0 Å². The molecule has 2 N–H and O–H groups in total. The second-order valence-corrected chi connectivity index (χ2v) is 7.49. The lowest BCUT2D eigenvalue weighted by molar-refractivity contribution is 0.434. The van der Waals surface area contributed by atoms with Gasteiger partial charge in [-0.2, -0.15) is 0 Å². The molecule has 0 atom stereocenters. The van der Waals surface area contributed by atoms with Gasteiger partial charge in [0.2, 0.25) is 0 Å². The van der Waals surface area contributed by atoms with Crippen LogP contribution in [0.5, 0.6) is 0 Å². The van der Waals surface area contributed by atoms with E-state index >= 15 is 0 Å². The van der Waals surface area contributed by atoms with Crippen molar-refractivity contribution in [2.24, 2.45) is 0 Å². The van der Waals surface area contributed by atoms with Gasteiger partial charge in [0.15, 0.2) is 0 Å². The largest absolute Gasteiger partial charge is 0.316 e. The molecule has 0 unspecified atom stereocenters. The summed E-state index contributed by atoms with van der Waals surface area (Å²) >= 11 is 0. The average Bonchev–Trinajstić information content (AvgIpc) is 2.24. The number of hydrogen-bond acceptors (Lipinski definition) is 3. The molecule has 0 aliphatic carbocycles. The fourth-order valence-electron chi connectivity index (χ4n) is 2.05. The Kier molecular flexibility index (Phi) is 7.45. The molecular weight excluding hydrogens is 190 g/mol. The van der Waals surface area contributed by atoms with Gasteiger partial charge in [-0.15, -0.1) is 0 Å². The SMILES string of the molecule is CCCC[Si](NC)(NC)N(CC)CC. The van der Waals surface area contributed by atoms with Crippen LogP contribution in [-0.2, 0) is 0 Å². The Balaban J connectivity index is 4.47. The van der Waals surface area contributed by atoms with Gasteiger partial charge in [0, 0.05) is 0 Å². The van der Waals surface area contributed by atoms with E-state index < -0.39 is 8.56 Å². The lowest BCUT2D eigenvalue weighted by atomic mass is 10.4. The van der Waals surface area contributed by atoms with Crippen LogP contribution in [0, 0.1) is 0 Å². The first-order valence-electron chi connectivity index (χ1n) is 5.83. The van der Waals surface area contributed by atoms with E-state index in [1.54, 1.807) is 0 Å². The Hall–Kier alpha value is 0.0969. The first-order chi connectivity index (χ1) is 6.70. The molecule has 0 saturated carbocycles. The van der Waals surface area contributed by atoms with Gasteiger partial charge in [0.25, 0.3) is 8.56 Å². The van der Waals surface area contributed by atoms with Crippen LogP contribution in [0.3, 0.4) is 0 Å². The van der Waals surface area contributed by atoms with Crippen LogP contribution in [0.15, 0.2) is 0 Å². The second-order valence-electron chi connectivity index (χ2n) is 3.64. The van der Waals surface area contributed by atoms with Crippen LogP contribution < -0.4 is 9.96 Å². The minimum absolute atomic E-state index is 1.13. The summed E-state index contributed by atoms with van der Waals surface area (Å²) in [6, 6.07) is 1.29. The van der Waals surface area contributed by atoms with Gasteiger partial charge >= 0.3 is 0 Å². The molecule has 0 radical (unpaired) electrons. The minimum Gasteiger partial charge on any atom is -0.316 e. The van der Waals surface area contributed by atoms with Crippen LogP contribution in [-0.4, -0.2) is 40.3 Å². The van der Waals surface area contributed by atoms with Crippen molar-refractivity contribution in [2.45, 2.75) is 39.7 Å². The topological polar surface area (TPSA) is 27.3 Å². The van der Waals surface area contributed by atoms with Gasteiger partial charge < -0.3 is 14.5 Å². The van der Waals surface area contributed by atoms with Crippen molar-refractivity contribution in [3.05, 3.63) is 0 Å². The van der Waals surface area contributed by atoms with Crippen molar-refractivity contribution in [1.29, 1.82) is 0 Å². The lowest BCUT2D eigenvalue weighted by Gasteiger charge is -2.40. The zero-order valence-electron chi connectivity index (χ0n) is 10.5. The normalized spacial score (nSPS) is 12.4. The quantitative estimate of drug-likeness (QED) is 0.604. The van der Waals surface area contributed by atoms with E-state index in [1.165, 1.54) is 18.9 Å². The zero-order valence-corrected chi connectivity index (χ0v) is 11.5.